The standard InChI is InChI=1S/C19H19N5O3S2/c1-4-7-24-17(13-5-6-14-15(8-13)27-10-26-14)22-23-19(24)28-9-16(25)21-18-20-11(2)12(3)29-18/h4-6,8H,1,7,9-10H2,2-3H3,(H,20,21,25). The highest BCUT2D eigenvalue weighted by molar-refractivity contribution is 7.99. The van der Waals surface area contributed by atoms with Gasteiger partial charge in [-0.25, -0.2) is 4.98 Å². The maximum atomic E-state index is 12.3. The number of amides is 1. The molecule has 0 aliphatic carbocycles. The summed E-state index contributed by atoms with van der Waals surface area (Å²) in [5, 5.41) is 12.7. The van der Waals surface area contributed by atoms with Crippen molar-refractivity contribution in [2.24, 2.45) is 0 Å². The monoisotopic (exact) mass is 429 g/mol. The van der Waals surface area contributed by atoms with Crippen LogP contribution in [-0.2, 0) is 11.3 Å². The molecule has 150 valence electrons. The van der Waals surface area contributed by atoms with E-state index in [1.807, 2.05) is 36.6 Å². The molecule has 8 nitrogen and oxygen atoms in total. The highest BCUT2D eigenvalue weighted by Gasteiger charge is 2.19. The van der Waals surface area contributed by atoms with Crippen LogP contribution in [0.3, 0.4) is 0 Å². The van der Waals surface area contributed by atoms with Crippen LogP contribution >= 0.6 is 23.1 Å². The lowest BCUT2D eigenvalue weighted by Crippen LogP contribution is -2.14. The number of carbonyl (C=O) groups excluding carboxylic acids is 1. The van der Waals surface area contributed by atoms with Crippen LogP contribution in [0.2, 0.25) is 0 Å². The summed E-state index contributed by atoms with van der Waals surface area (Å²) < 4.78 is 12.7. The third-order valence-electron chi connectivity index (χ3n) is 4.27. The van der Waals surface area contributed by atoms with E-state index in [0.29, 0.717) is 34.2 Å². The number of carbonyl (C=O) groups is 1. The van der Waals surface area contributed by atoms with E-state index in [0.717, 1.165) is 16.1 Å². The number of rotatable bonds is 7. The van der Waals surface area contributed by atoms with E-state index in [1.165, 1.54) is 23.1 Å². The second-order valence-corrected chi connectivity index (χ2v) is 8.42. The smallest absolute Gasteiger partial charge is 0.236 e. The van der Waals surface area contributed by atoms with Crippen molar-refractivity contribution >= 4 is 34.1 Å². The van der Waals surface area contributed by atoms with Crippen molar-refractivity contribution in [3.8, 4) is 22.9 Å². The summed E-state index contributed by atoms with van der Waals surface area (Å²) in [6, 6.07) is 5.63. The predicted molar refractivity (Wildman–Crippen MR) is 113 cm³/mol. The Morgan fingerprint density at radius 2 is 2.17 bits per heavy atom. The summed E-state index contributed by atoms with van der Waals surface area (Å²) in [5.74, 6) is 2.13. The molecule has 0 saturated carbocycles. The number of nitrogens with zero attached hydrogens (tertiary/aromatic N) is 4. The van der Waals surface area contributed by atoms with Gasteiger partial charge in [-0.05, 0) is 32.0 Å². The Labute approximate surface area is 176 Å². The SMILES string of the molecule is C=CCn1c(SCC(=O)Nc2nc(C)c(C)s2)nnc1-c1ccc2c(c1)OCO2. The van der Waals surface area contributed by atoms with Crippen LogP contribution in [0.1, 0.15) is 10.6 Å². The molecule has 1 aromatic carbocycles. The maximum Gasteiger partial charge on any atom is 0.236 e. The normalized spacial score (nSPS) is 12.2. The molecular formula is C19H19N5O3S2. The number of allylic oxidation sites excluding steroid dienone is 1. The molecule has 1 aliphatic heterocycles. The summed E-state index contributed by atoms with van der Waals surface area (Å²) in [6.45, 7) is 8.45. The Bertz CT molecular complexity index is 1060. The van der Waals surface area contributed by atoms with Crippen molar-refractivity contribution in [1.29, 1.82) is 0 Å². The molecule has 1 amide bonds. The lowest BCUT2D eigenvalue weighted by Gasteiger charge is -2.08. The van der Waals surface area contributed by atoms with Crippen LogP contribution in [0.25, 0.3) is 11.4 Å². The summed E-state index contributed by atoms with van der Waals surface area (Å²) >= 11 is 2.78. The highest BCUT2D eigenvalue weighted by Crippen LogP contribution is 2.36. The Kier molecular flexibility index (Phi) is 5.54. The minimum Gasteiger partial charge on any atom is -0.454 e. The van der Waals surface area contributed by atoms with Gasteiger partial charge in [-0.2, -0.15) is 0 Å². The molecule has 1 N–H and O–H groups in total. The van der Waals surface area contributed by atoms with Gasteiger partial charge in [0.25, 0.3) is 0 Å². The van der Waals surface area contributed by atoms with Crippen molar-refractivity contribution < 1.29 is 14.3 Å². The van der Waals surface area contributed by atoms with E-state index in [9.17, 15) is 4.79 Å². The van der Waals surface area contributed by atoms with Gasteiger partial charge >= 0.3 is 0 Å². The van der Waals surface area contributed by atoms with Crippen molar-refractivity contribution in [2.75, 3.05) is 17.9 Å². The lowest BCUT2D eigenvalue weighted by atomic mass is 10.2. The van der Waals surface area contributed by atoms with Crippen molar-refractivity contribution in [3.05, 3.63) is 41.4 Å². The van der Waals surface area contributed by atoms with Crippen molar-refractivity contribution in [3.63, 3.8) is 0 Å². The van der Waals surface area contributed by atoms with Crippen LogP contribution in [0.5, 0.6) is 11.5 Å². The zero-order chi connectivity index (χ0) is 20.4. The Morgan fingerprint density at radius 3 is 2.93 bits per heavy atom. The van der Waals surface area contributed by atoms with Crippen LogP contribution in [-0.4, -0.2) is 38.2 Å². The molecule has 10 heteroatoms. The summed E-state index contributed by atoms with van der Waals surface area (Å²) in [5.41, 5.74) is 1.78. The van der Waals surface area contributed by atoms with Gasteiger partial charge in [-0.1, -0.05) is 17.8 Å². The molecule has 3 heterocycles. The highest BCUT2D eigenvalue weighted by atomic mass is 32.2. The lowest BCUT2D eigenvalue weighted by molar-refractivity contribution is -0.113. The van der Waals surface area contributed by atoms with Gasteiger partial charge in [0.1, 0.15) is 0 Å². The fourth-order valence-corrected chi connectivity index (χ4v) is 4.33. The molecule has 29 heavy (non-hydrogen) atoms. The molecule has 0 unspecified atom stereocenters. The molecular weight excluding hydrogens is 410 g/mol. The predicted octanol–water partition coefficient (Wildman–Crippen LogP) is 3.66. The molecule has 2 aromatic heterocycles. The molecule has 4 rings (SSSR count). The van der Waals surface area contributed by atoms with E-state index < -0.39 is 0 Å². The van der Waals surface area contributed by atoms with Gasteiger partial charge in [-0.15, -0.1) is 28.1 Å². The van der Waals surface area contributed by atoms with E-state index in [2.05, 4.69) is 27.1 Å². The van der Waals surface area contributed by atoms with Gasteiger partial charge in [0.05, 0.1) is 11.4 Å². The molecule has 0 atom stereocenters. The van der Waals surface area contributed by atoms with Crippen LogP contribution < -0.4 is 14.8 Å². The van der Waals surface area contributed by atoms with Crippen molar-refractivity contribution in [1.82, 2.24) is 19.7 Å². The number of benzene rings is 1. The Hall–Kier alpha value is -2.85. The van der Waals surface area contributed by atoms with Crippen LogP contribution in [0.4, 0.5) is 5.13 Å². The molecule has 0 fully saturated rings. The minimum atomic E-state index is -0.137. The zero-order valence-electron chi connectivity index (χ0n) is 16.0. The first-order valence-electron chi connectivity index (χ1n) is 8.86. The maximum absolute atomic E-state index is 12.3. The van der Waals surface area contributed by atoms with Gasteiger partial charge in [0.15, 0.2) is 27.6 Å². The third-order valence-corrected chi connectivity index (χ3v) is 6.22. The number of fused-ring (bicyclic) bond motifs is 1. The first-order valence-corrected chi connectivity index (χ1v) is 10.7. The molecule has 1 aliphatic rings. The number of aromatic nitrogens is 4. The summed E-state index contributed by atoms with van der Waals surface area (Å²) in [6.07, 6.45) is 1.77. The number of hydrogen-bond acceptors (Lipinski definition) is 8. The average Bonchev–Trinajstić information content (AvgIpc) is 3.39. The van der Waals surface area contributed by atoms with Gasteiger partial charge < -0.3 is 14.8 Å². The van der Waals surface area contributed by atoms with Crippen LogP contribution in [0.15, 0.2) is 36.0 Å². The fraction of sp³-hybridized carbons (Fsp3) is 0.263. The number of anilines is 1. The summed E-state index contributed by atoms with van der Waals surface area (Å²) in [7, 11) is 0. The number of thioether (sulfide) groups is 1. The number of aryl methyl sites for hydroxylation is 2. The zero-order valence-corrected chi connectivity index (χ0v) is 17.6. The molecule has 0 saturated heterocycles. The van der Waals surface area contributed by atoms with Crippen LogP contribution in [0, 0.1) is 13.8 Å². The van der Waals surface area contributed by atoms with E-state index in [4.69, 9.17) is 9.47 Å². The first-order chi connectivity index (χ1) is 14.0. The second kappa shape index (κ2) is 8.26. The summed E-state index contributed by atoms with van der Waals surface area (Å²) in [4.78, 5) is 17.7. The van der Waals surface area contributed by atoms with E-state index in [1.54, 1.807) is 6.08 Å². The topological polar surface area (TPSA) is 91.2 Å². The number of nitrogens with one attached hydrogen (secondary N) is 1. The molecule has 0 radical (unpaired) electrons. The van der Waals surface area contributed by atoms with E-state index >= 15 is 0 Å². The Morgan fingerprint density at radius 1 is 1.34 bits per heavy atom. The third kappa shape index (κ3) is 4.13. The van der Waals surface area contributed by atoms with Gasteiger partial charge in [0, 0.05) is 17.0 Å². The quantitative estimate of drug-likeness (QED) is 0.453. The number of hydrogen-bond donors (Lipinski definition) is 1. The van der Waals surface area contributed by atoms with Gasteiger partial charge in [-0.3, -0.25) is 9.36 Å². The number of thiazole rings is 1. The fourth-order valence-electron chi connectivity index (χ4n) is 2.75. The first kappa shape index (κ1) is 19.5. The van der Waals surface area contributed by atoms with E-state index in [-0.39, 0.29) is 18.5 Å². The average molecular weight is 430 g/mol. The molecule has 3 aromatic rings. The molecule has 0 bridgehead atoms. The largest absolute Gasteiger partial charge is 0.454 e. The van der Waals surface area contributed by atoms with Gasteiger partial charge in [0.2, 0.25) is 12.7 Å². The number of ether oxygens (including phenoxy) is 2. The minimum absolute atomic E-state index is 0.137. The second-order valence-electron chi connectivity index (χ2n) is 6.27. The van der Waals surface area contributed by atoms with Crippen molar-refractivity contribution in [2.45, 2.75) is 25.5 Å². The molecule has 0 spiro atoms. The Balaban J connectivity index is 1.49.